The molecular weight excluding hydrogens is 446 g/mol. The maximum absolute atomic E-state index is 12.7. The highest BCUT2D eigenvalue weighted by Gasteiger charge is 2.19. The maximum atomic E-state index is 12.7. The molecule has 9 heteroatoms. The first-order valence-corrected chi connectivity index (χ1v) is 12.3. The van der Waals surface area contributed by atoms with Gasteiger partial charge in [0.15, 0.2) is 0 Å². The minimum atomic E-state index is -3.99. The monoisotopic (exact) mass is 471 g/mol. The summed E-state index contributed by atoms with van der Waals surface area (Å²) in [6.45, 7) is 5.41. The predicted molar refractivity (Wildman–Crippen MR) is 126 cm³/mol. The van der Waals surface area contributed by atoms with E-state index in [0.717, 1.165) is 16.0 Å². The number of aryl methyl sites for hydroxylation is 3. The number of sulfonamides is 1. The van der Waals surface area contributed by atoms with E-state index in [2.05, 4.69) is 15.4 Å². The van der Waals surface area contributed by atoms with Crippen LogP contribution in [0, 0.1) is 20.8 Å². The number of carbonyl (C=O) groups excluding carboxylic acids is 2. The second-order valence-electron chi connectivity index (χ2n) is 7.38. The van der Waals surface area contributed by atoms with Crippen molar-refractivity contribution in [2.24, 2.45) is 0 Å². The summed E-state index contributed by atoms with van der Waals surface area (Å²) in [5.41, 5.74) is 3.36. The molecule has 3 aromatic rings. The lowest BCUT2D eigenvalue weighted by Gasteiger charge is -2.13. The molecule has 3 rings (SSSR count). The second kappa shape index (κ2) is 10.1. The standard InChI is InChI=1S/C23H25N3O4S2/c1-15-9-10-19(12-20(15)23(28)24-13-18-8-5-11-31-18)32(29,30)25-14-21(27)26-22-16(2)6-4-7-17(22)3/h4-12,25H,13-14H2,1-3H3,(H,24,28)(H,26,27). The van der Waals surface area contributed by atoms with E-state index in [1.165, 1.54) is 23.5 Å². The van der Waals surface area contributed by atoms with Crippen LogP contribution >= 0.6 is 11.3 Å². The van der Waals surface area contributed by atoms with Crippen LogP contribution in [0.3, 0.4) is 0 Å². The highest BCUT2D eigenvalue weighted by atomic mass is 32.2. The molecule has 1 aromatic heterocycles. The fourth-order valence-corrected chi connectivity index (χ4v) is 4.78. The molecule has 0 spiro atoms. The van der Waals surface area contributed by atoms with Gasteiger partial charge in [0.05, 0.1) is 18.0 Å². The zero-order chi connectivity index (χ0) is 23.3. The van der Waals surface area contributed by atoms with E-state index in [1.807, 2.05) is 49.6 Å². The molecule has 32 heavy (non-hydrogen) atoms. The molecule has 0 aliphatic rings. The summed E-state index contributed by atoms with van der Waals surface area (Å²) in [4.78, 5) is 25.8. The third-order valence-corrected chi connectivity index (χ3v) is 7.21. The number of anilines is 1. The van der Waals surface area contributed by atoms with Crippen LogP contribution in [0.4, 0.5) is 5.69 Å². The van der Waals surface area contributed by atoms with Gasteiger partial charge in [0, 0.05) is 16.1 Å². The fourth-order valence-electron chi connectivity index (χ4n) is 3.13. The van der Waals surface area contributed by atoms with E-state index in [9.17, 15) is 18.0 Å². The molecule has 168 valence electrons. The summed E-state index contributed by atoms with van der Waals surface area (Å²) in [7, 11) is -3.99. The maximum Gasteiger partial charge on any atom is 0.251 e. The molecule has 0 radical (unpaired) electrons. The van der Waals surface area contributed by atoms with Gasteiger partial charge in [0.1, 0.15) is 0 Å². The van der Waals surface area contributed by atoms with Gasteiger partial charge in [-0.15, -0.1) is 11.3 Å². The van der Waals surface area contributed by atoms with Crippen molar-refractivity contribution in [1.29, 1.82) is 0 Å². The lowest BCUT2D eigenvalue weighted by atomic mass is 10.1. The Balaban J connectivity index is 1.67. The first-order valence-electron chi connectivity index (χ1n) is 9.94. The Morgan fingerprint density at radius 3 is 2.31 bits per heavy atom. The highest BCUT2D eigenvalue weighted by molar-refractivity contribution is 7.89. The number of para-hydroxylation sites is 1. The third kappa shape index (κ3) is 5.82. The van der Waals surface area contributed by atoms with E-state index >= 15 is 0 Å². The quantitative estimate of drug-likeness (QED) is 0.468. The first-order chi connectivity index (χ1) is 15.2. The van der Waals surface area contributed by atoms with E-state index in [4.69, 9.17) is 0 Å². The molecule has 0 aliphatic heterocycles. The number of carbonyl (C=O) groups is 2. The minimum Gasteiger partial charge on any atom is -0.347 e. The number of rotatable bonds is 8. The summed E-state index contributed by atoms with van der Waals surface area (Å²) >= 11 is 1.52. The van der Waals surface area contributed by atoms with Gasteiger partial charge >= 0.3 is 0 Å². The summed E-state index contributed by atoms with van der Waals surface area (Å²) in [5, 5.41) is 7.46. The Bertz CT molecular complexity index is 1220. The number of hydrogen-bond acceptors (Lipinski definition) is 5. The van der Waals surface area contributed by atoms with Gasteiger partial charge in [-0.25, -0.2) is 13.1 Å². The number of amides is 2. The minimum absolute atomic E-state index is 0.0794. The number of benzene rings is 2. The molecule has 0 atom stereocenters. The van der Waals surface area contributed by atoms with Crippen molar-refractivity contribution in [2.75, 3.05) is 11.9 Å². The van der Waals surface area contributed by atoms with Gasteiger partial charge in [-0.3, -0.25) is 9.59 Å². The molecule has 0 unspecified atom stereocenters. The Morgan fingerprint density at radius 2 is 1.66 bits per heavy atom. The van der Waals surface area contributed by atoms with Crippen molar-refractivity contribution in [2.45, 2.75) is 32.2 Å². The predicted octanol–water partition coefficient (Wildman–Crippen LogP) is 3.52. The molecule has 3 N–H and O–H groups in total. The smallest absolute Gasteiger partial charge is 0.251 e. The molecule has 1 heterocycles. The van der Waals surface area contributed by atoms with Gasteiger partial charge in [-0.1, -0.05) is 30.3 Å². The largest absolute Gasteiger partial charge is 0.347 e. The van der Waals surface area contributed by atoms with Crippen LogP contribution in [0.1, 0.15) is 31.9 Å². The molecule has 7 nitrogen and oxygen atoms in total. The van der Waals surface area contributed by atoms with Crippen LogP contribution in [0.2, 0.25) is 0 Å². The molecule has 2 aromatic carbocycles. The summed E-state index contributed by atoms with van der Waals surface area (Å²) in [5.74, 6) is -0.840. The van der Waals surface area contributed by atoms with E-state index in [0.29, 0.717) is 17.8 Å². The molecule has 0 bridgehead atoms. The normalized spacial score (nSPS) is 11.2. The zero-order valence-electron chi connectivity index (χ0n) is 18.1. The molecule has 0 fully saturated rings. The zero-order valence-corrected chi connectivity index (χ0v) is 19.7. The van der Waals surface area contributed by atoms with Crippen LogP contribution in [-0.4, -0.2) is 26.8 Å². The van der Waals surface area contributed by atoms with Crippen LogP contribution in [0.5, 0.6) is 0 Å². The van der Waals surface area contributed by atoms with Crippen molar-refractivity contribution in [3.05, 3.63) is 81.0 Å². The Kier molecular flexibility index (Phi) is 7.44. The van der Waals surface area contributed by atoms with Gasteiger partial charge in [-0.2, -0.15) is 0 Å². The van der Waals surface area contributed by atoms with Crippen molar-refractivity contribution in [1.82, 2.24) is 10.0 Å². The SMILES string of the molecule is Cc1ccc(S(=O)(=O)NCC(=O)Nc2c(C)cccc2C)cc1C(=O)NCc1cccs1. The van der Waals surface area contributed by atoms with E-state index in [1.54, 1.807) is 13.0 Å². The second-order valence-corrected chi connectivity index (χ2v) is 10.2. The summed E-state index contributed by atoms with van der Waals surface area (Å²) in [6.07, 6.45) is 0. The molecule has 2 amide bonds. The van der Waals surface area contributed by atoms with Gasteiger partial charge in [-0.05, 0) is 61.0 Å². The average Bonchev–Trinajstić information content (AvgIpc) is 3.27. The fraction of sp³-hybridized carbons (Fsp3) is 0.217. The van der Waals surface area contributed by atoms with E-state index in [-0.39, 0.29) is 16.4 Å². The third-order valence-electron chi connectivity index (χ3n) is 4.94. The summed E-state index contributed by atoms with van der Waals surface area (Å²) in [6, 6.07) is 13.7. The van der Waals surface area contributed by atoms with Gasteiger partial charge < -0.3 is 10.6 Å². The number of nitrogens with one attached hydrogen (secondary N) is 3. The van der Waals surface area contributed by atoms with Crippen molar-refractivity contribution >= 4 is 38.9 Å². The Morgan fingerprint density at radius 1 is 0.938 bits per heavy atom. The Labute approximate surface area is 191 Å². The average molecular weight is 472 g/mol. The van der Waals surface area contributed by atoms with Crippen LogP contribution in [0.15, 0.2) is 58.8 Å². The van der Waals surface area contributed by atoms with Crippen molar-refractivity contribution in [3.8, 4) is 0 Å². The first kappa shape index (κ1) is 23.6. The number of thiophene rings is 1. The molecular formula is C23H25N3O4S2. The molecule has 0 aliphatic carbocycles. The highest BCUT2D eigenvalue weighted by Crippen LogP contribution is 2.19. The van der Waals surface area contributed by atoms with Crippen LogP contribution in [-0.2, 0) is 21.4 Å². The van der Waals surface area contributed by atoms with Crippen LogP contribution in [0.25, 0.3) is 0 Å². The van der Waals surface area contributed by atoms with Crippen molar-refractivity contribution < 1.29 is 18.0 Å². The molecule has 0 saturated carbocycles. The number of hydrogen-bond donors (Lipinski definition) is 3. The lowest BCUT2D eigenvalue weighted by molar-refractivity contribution is -0.115. The van der Waals surface area contributed by atoms with Gasteiger partial charge in [0.2, 0.25) is 15.9 Å². The lowest BCUT2D eigenvalue weighted by Crippen LogP contribution is -2.33. The van der Waals surface area contributed by atoms with Gasteiger partial charge in [0.25, 0.3) is 5.91 Å². The Hall–Kier alpha value is -3.01. The summed E-state index contributed by atoms with van der Waals surface area (Å²) < 4.78 is 27.8. The van der Waals surface area contributed by atoms with E-state index < -0.39 is 22.5 Å². The topological polar surface area (TPSA) is 104 Å². The van der Waals surface area contributed by atoms with Crippen LogP contribution < -0.4 is 15.4 Å². The van der Waals surface area contributed by atoms with Crippen molar-refractivity contribution in [3.63, 3.8) is 0 Å². The molecule has 0 saturated heterocycles.